The van der Waals surface area contributed by atoms with E-state index in [1.807, 2.05) is 0 Å². The molecule has 0 saturated heterocycles. The van der Waals surface area contributed by atoms with Crippen LogP contribution in [0.4, 0.5) is 0 Å². The zero-order chi connectivity index (χ0) is 33.6. The normalized spacial score (nSPS) is 11.8. The van der Waals surface area contributed by atoms with Gasteiger partial charge in [0.05, 0.1) is 39.3 Å². The molecule has 48 heavy (non-hydrogen) atoms. The Morgan fingerprint density at radius 1 is 0.292 bits per heavy atom. The van der Waals surface area contributed by atoms with Crippen LogP contribution in [0.1, 0.15) is 207 Å². The van der Waals surface area contributed by atoms with Gasteiger partial charge in [-0.15, -0.1) is 0 Å². The van der Waals surface area contributed by atoms with Gasteiger partial charge in [0, 0.05) is 11.1 Å². The maximum atomic E-state index is 2.51. The van der Waals surface area contributed by atoms with Crippen molar-refractivity contribution in [3.63, 3.8) is 0 Å². The van der Waals surface area contributed by atoms with E-state index in [1.165, 1.54) is 215 Å². The first kappa shape index (κ1) is 50.2. The molecule has 1 aromatic rings. The highest BCUT2D eigenvalue weighted by Crippen LogP contribution is 2.23. The Labute approximate surface area is 324 Å². The SMILES string of the molecule is CCCCCCCCCCCC[N+](CCC)(CCC)Cc1ccc(C[N+](CCC)(CCC)CCCCCCCCCCCC)cc1.[Br-].[Br-]. The van der Waals surface area contributed by atoms with Crippen molar-refractivity contribution < 1.29 is 42.9 Å². The van der Waals surface area contributed by atoms with Gasteiger partial charge < -0.3 is 42.9 Å². The van der Waals surface area contributed by atoms with E-state index in [0.29, 0.717) is 0 Å². The van der Waals surface area contributed by atoms with E-state index < -0.39 is 0 Å². The van der Waals surface area contributed by atoms with E-state index in [9.17, 15) is 0 Å². The number of hydrogen-bond donors (Lipinski definition) is 0. The molecule has 1 rings (SSSR count). The topological polar surface area (TPSA) is 0 Å². The molecule has 2 nitrogen and oxygen atoms in total. The minimum Gasteiger partial charge on any atom is -1.00 e. The lowest BCUT2D eigenvalue weighted by molar-refractivity contribution is -0.941. The molecule has 0 spiro atoms. The van der Waals surface area contributed by atoms with E-state index in [-0.39, 0.29) is 34.0 Å². The monoisotopic (exact) mass is 801 g/mol. The first-order valence-corrected chi connectivity index (χ1v) is 21.3. The first-order valence-electron chi connectivity index (χ1n) is 21.3. The molecule has 0 saturated carbocycles. The summed E-state index contributed by atoms with van der Waals surface area (Å²) < 4.78 is 2.60. The highest BCUT2D eigenvalue weighted by atomic mass is 79.9. The second kappa shape index (κ2) is 34.2. The smallest absolute Gasteiger partial charge is 0.104 e. The van der Waals surface area contributed by atoms with E-state index >= 15 is 0 Å². The number of nitrogens with zero attached hydrogens (tertiary/aromatic N) is 2. The van der Waals surface area contributed by atoms with Crippen molar-refractivity contribution >= 4 is 0 Å². The van der Waals surface area contributed by atoms with Crippen LogP contribution in [0.3, 0.4) is 0 Å². The third-order valence-electron chi connectivity index (χ3n) is 10.8. The average molecular weight is 803 g/mol. The van der Waals surface area contributed by atoms with Gasteiger partial charge in [-0.2, -0.15) is 0 Å². The molecule has 0 amide bonds. The second-order valence-electron chi connectivity index (χ2n) is 15.5. The predicted octanol–water partition coefficient (Wildman–Crippen LogP) is 7.81. The van der Waals surface area contributed by atoms with Crippen LogP contribution < -0.4 is 34.0 Å². The largest absolute Gasteiger partial charge is 1.00 e. The highest BCUT2D eigenvalue weighted by Gasteiger charge is 2.27. The standard InChI is InChI=1S/C44H86N2.2BrH/c1-7-13-15-17-19-21-23-25-27-29-39-45(35-9-3,36-10-4)41-43-31-33-44(34-32-43)42-46(37-11-5,38-12-6)40-30-28-26-24-22-20-18-16-14-8-2;;/h31-34H,7-30,35-42H2,1-6H3;2*1H/q+2;;/p-2. The molecular weight excluding hydrogens is 716 g/mol. The van der Waals surface area contributed by atoms with Crippen molar-refractivity contribution in [1.29, 1.82) is 0 Å². The van der Waals surface area contributed by atoms with Crippen molar-refractivity contribution in [2.75, 3.05) is 39.3 Å². The van der Waals surface area contributed by atoms with Crippen LogP contribution in [0.5, 0.6) is 0 Å². The van der Waals surface area contributed by atoms with Crippen LogP contribution in [0, 0.1) is 0 Å². The first-order chi connectivity index (χ1) is 22.5. The van der Waals surface area contributed by atoms with Gasteiger partial charge in [-0.25, -0.2) is 0 Å². The Balaban J connectivity index is 0. The summed E-state index contributed by atoms with van der Waals surface area (Å²) in [7, 11) is 0. The Morgan fingerprint density at radius 2 is 0.521 bits per heavy atom. The van der Waals surface area contributed by atoms with Gasteiger partial charge in [0.25, 0.3) is 0 Å². The fourth-order valence-electron chi connectivity index (χ4n) is 8.44. The fraction of sp³-hybridized carbons (Fsp3) is 0.864. The summed E-state index contributed by atoms with van der Waals surface area (Å²) in [5, 5.41) is 0. The van der Waals surface area contributed by atoms with Crippen molar-refractivity contribution in [3.8, 4) is 0 Å². The van der Waals surface area contributed by atoms with Crippen molar-refractivity contribution in [2.45, 2.75) is 209 Å². The maximum Gasteiger partial charge on any atom is 0.104 e. The van der Waals surface area contributed by atoms with E-state index in [4.69, 9.17) is 0 Å². The zero-order valence-corrected chi connectivity index (χ0v) is 36.8. The van der Waals surface area contributed by atoms with Gasteiger partial charge in [-0.05, 0) is 51.4 Å². The van der Waals surface area contributed by atoms with Crippen molar-refractivity contribution in [1.82, 2.24) is 0 Å². The fourth-order valence-corrected chi connectivity index (χ4v) is 8.44. The molecule has 0 N–H and O–H groups in total. The Bertz CT molecular complexity index is 704. The van der Waals surface area contributed by atoms with Crippen LogP contribution in [0.2, 0.25) is 0 Å². The van der Waals surface area contributed by atoms with Gasteiger partial charge >= 0.3 is 0 Å². The molecule has 0 aromatic heterocycles. The van der Waals surface area contributed by atoms with E-state index in [0.717, 1.165) is 0 Å². The molecule has 0 heterocycles. The predicted molar refractivity (Wildman–Crippen MR) is 208 cm³/mol. The zero-order valence-electron chi connectivity index (χ0n) is 33.6. The van der Waals surface area contributed by atoms with Crippen molar-refractivity contribution in [3.05, 3.63) is 35.4 Å². The molecule has 0 radical (unpaired) electrons. The summed E-state index contributed by atoms with van der Waals surface area (Å²) >= 11 is 0. The quantitative estimate of drug-likeness (QED) is 0.0493. The van der Waals surface area contributed by atoms with E-state index in [2.05, 4.69) is 65.8 Å². The molecule has 0 aliphatic rings. The van der Waals surface area contributed by atoms with Crippen molar-refractivity contribution in [2.24, 2.45) is 0 Å². The summed E-state index contributed by atoms with van der Waals surface area (Å²) in [5.41, 5.74) is 3.13. The molecule has 286 valence electrons. The minimum absolute atomic E-state index is 0. The van der Waals surface area contributed by atoms with Crippen LogP contribution in [-0.2, 0) is 13.1 Å². The molecule has 0 unspecified atom stereocenters. The number of benzene rings is 1. The Morgan fingerprint density at radius 3 is 0.750 bits per heavy atom. The van der Waals surface area contributed by atoms with Crippen LogP contribution >= 0.6 is 0 Å². The van der Waals surface area contributed by atoms with Crippen LogP contribution in [0.25, 0.3) is 0 Å². The Kier molecular flexibility index (Phi) is 35.8. The highest BCUT2D eigenvalue weighted by molar-refractivity contribution is 5.21. The summed E-state index contributed by atoms with van der Waals surface area (Å²) in [4.78, 5) is 0. The van der Waals surface area contributed by atoms with Crippen LogP contribution in [0.15, 0.2) is 24.3 Å². The van der Waals surface area contributed by atoms with Gasteiger partial charge in [0.1, 0.15) is 13.1 Å². The van der Waals surface area contributed by atoms with Gasteiger partial charge in [0.2, 0.25) is 0 Å². The third-order valence-corrected chi connectivity index (χ3v) is 10.8. The lowest BCUT2D eigenvalue weighted by atomic mass is 10.0. The molecule has 0 aliphatic carbocycles. The van der Waals surface area contributed by atoms with Gasteiger partial charge in [0.15, 0.2) is 0 Å². The summed E-state index contributed by atoms with van der Waals surface area (Å²) in [6, 6.07) is 10.1. The van der Waals surface area contributed by atoms with Gasteiger partial charge in [-0.3, -0.25) is 0 Å². The molecule has 0 fully saturated rings. The van der Waals surface area contributed by atoms with Crippen LogP contribution in [-0.4, -0.2) is 48.2 Å². The summed E-state index contributed by atoms with van der Waals surface area (Å²) in [6.07, 6.45) is 33.8. The second-order valence-corrected chi connectivity index (χ2v) is 15.5. The number of unbranched alkanes of at least 4 members (excludes halogenated alkanes) is 18. The number of hydrogen-bond acceptors (Lipinski definition) is 0. The number of quaternary nitrogens is 2. The molecule has 0 bridgehead atoms. The Hall–Kier alpha value is 0.1000. The number of rotatable bonds is 34. The number of halogens is 2. The molecule has 4 heteroatoms. The molecule has 0 atom stereocenters. The maximum absolute atomic E-state index is 2.51. The lowest BCUT2D eigenvalue weighted by Crippen LogP contribution is -3.00. The molecule has 0 aliphatic heterocycles. The summed E-state index contributed by atoms with van der Waals surface area (Å²) in [5.74, 6) is 0. The third kappa shape index (κ3) is 24.3. The minimum atomic E-state index is 0. The average Bonchev–Trinajstić information content (AvgIpc) is 3.04. The van der Waals surface area contributed by atoms with Gasteiger partial charge in [-0.1, -0.05) is 169 Å². The summed E-state index contributed by atoms with van der Waals surface area (Å²) in [6.45, 7) is 24.7. The lowest BCUT2D eigenvalue weighted by Gasteiger charge is -2.40. The molecular formula is C44H86Br2N2. The molecule has 1 aromatic carbocycles. The van der Waals surface area contributed by atoms with E-state index in [1.54, 1.807) is 11.1 Å².